The molecule has 26 heteroatoms. The van der Waals surface area contributed by atoms with Crippen molar-refractivity contribution in [2.75, 3.05) is 40.3 Å². The number of pyridine rings is 6. The number of nitrogens with zero attached hydrogens (tertiary/aromatic N) is 5. The smallest absolute Gasteiger partial charge is 0.413 e. The Hall–Kier alpha value is -3.46. The first-order chi connectivity index (χ1) is 31.7. The minimum absolute atomic E-state index is 0.125. The second-order valence-electron chi connectivity index (χ2n) is 14.4. The lowest BCUT2D eigenvalue weighted by Crippen LogP contribution is -2.27. The molecular formula is C42H47Cl6I2N11O5S2. The molecule has 9 N–H and O–H groups in total. The van der Waals surface area contributed by atoms with E-state index in [9.17, 15) is 14.4 Å². The first-order valence-electron chi connectivity index (χ1n) is 18.9. The largest absolute Gasteiger partial charge is 0.444 e. The number of H-pyrrole nitrogens is 1. The lowest BCUT2D eigenvalue weighted by atomic mass is 10.2. The fourth-order valence-corrected chi connectivity index (χ4v) is 7.11. The lowest BCUT2D eigenvalue weighted by molar-refractivity contribution is 0.0624. The van der Waals surface area contributed by atoms with Crippen molar-refractivity contribution in [3.63, 3.8) is 0 Å². The number of halogens is 8. The molecule has 0 saturated heterocycles. The second kappa shape index (κ2) is 31.7. The normalized spacial score (nSPS) is 10.2. The molecule has 6 aromatic heterocycles. The van der Waals surface area contributed by atoms with Crippen molar-refractivity contribution in [2.45, 2.75) is 62.5 Å². The number of ether oxygens (including phenoxy) is 2. The maximum Gasteiger partial charge on any atom is 0.413 e. The number of amides is 2. The number of carbonyl (C=O) groups is 2. The Balaban J connectivity index is 0.000000415. The van der Waals surface area contributed by atoms with Crippen LogP contribution in [0.15, 0.2) is 100 Å². The van der Waals surface area contributed by atoms with Crippen LogP contribution in [0.2, 0.25) is 30.1 Å². The Bertz CT molecular complexity index is 2560. The van der Waals surface area contributed by atoms with Gasteiger partial charge in [-0.3, -0.25) is 15.4 Å². The summed E-state index contributed by atoms with van der Waals surface area (Å²) in [5, 5.41) is 8.53. The highest BCUT2D eigenvalue weighted by Crippen LogP contribution is 2.29. The highest BCUT2D eigenvalue weighted by molar-refractivity contribution is 14.1. The van der Waals surface area contributed by atoms with E-state index in [-0.39, 0.29) is 5.56 Å². The molecule has 0 unspecified atom stereocenters. The molecule has 0 saturated carbocycles. The van der Waals surface area contributed by atoms with Crippen LogP contribution in [0.25, 0.3) is 0 Å². The Morgan fingerprint density at radius 1 is 0.603 bits per heavy atom. The number of nitrogens with one attached hydrogen (secondary N) is 3. The predicted octanol–water partition coefficient (Wildman–Crippen LogP) is 13.8. The van der Waals surface area contributed by atoms with E-state index >= 15 is 0 Å². The molecule has 0 fully saturated rings. The van der Waals surface area contributed by atoms with E-state index in [2.05, 4.69) is 40.5 Å². The molecule has 6 rings (SSSR count). The quantitative estimate of drug-likeness (QED) is 0.0709. The van der Waals surface area contributed by atoms with Crippen molar-refractivity contribution in [1.29, 1.82) is 0 Å². The van der Waals surface area contributed by atoms with Gasteiger partial charge in [-0.2, -0.15) is 0 Å². The molecule has 0 radical (unpaired) electrons. The Kier molecular flexibility index (Phi) is 29.2. The molecule has 6 heterocycles. The first-order valence-corrected chi connectivity index (χ1v) is 25.7. The van der Waals surface area contributed by atoms with Crippen LogP contribution < -0.4 is 33.4 Å². The summed E-state index contributed by atoms with van der Waals surface area (Å²) in [6.07, 6.45) is 12.0. The molecule has 0 aliphatic heterocycles. The van der Waals surface area contributed by atoms with E-state index < -0.39 is 23.4 Å². The molecule has 0 aromatic carbocycles. The number of carbonyl (C=O) groups excluding carboxylic acids is 2. The molecule has 16 nitrogen and oxygen atoms in total. The Morgan fingerprint density at radius 3 is 1.47 bits per heavy atom. The van der Waals surface area contributed by atoms with Crippen LogP contribution in [0.1, 0.15) is 41.5 Å². The summed E-state index contributed by atoms with van der Waals surface area (Å²) in [4.78, 5) is 57.0. The van der Waals surface area contributed by atoms with E-state index in [1.165, 1.54) is 42.1 Å². The highest BCUT2D eigenvalue weighted by Gasteiger charge is 2.18. The van der Waals surface area contributed by atoms with Crippen molar-refractivity contribution in [3.8, 4) is 0 Å². The van der Waals surface area contributed by atoms with Crippen molar-refractivity contribution < 1.29 is 19.1 Å². The summed E-state index contributed by atoms with van der Waals surface area (Å²) < 4.78 is 11.7. The van der Waals surface area contributed by atoms with Crippen LogP contribution in [0, 0.1) is 7.14 Å². The van der Waals surface area contributed by atoms with Gasteiger partial charge in [0, 0.05) is 47.2 Å². The average Bonchev–Trinajstić information content (AvgIpc) is 3.22. The monoisotopic (exact) mass is 1310 g/mol. The van der Waals surface area contributed by atoms with Crippen molar-refractivity contribution in [2.24, 2.45) is 0 Å². The molecule has 368 valence electrons. The zero-order valence-corrected chi connectivity index (χ0v) is 47.9. The minimum Gasteiger partial charge on any atom is -0.444 e. The second-order valence-corrected chi connectivity index (χ2v) is 20.7. The van der Waals surface area contributed by atoms with E-state index in [1.807, 2.05) is 57.7 Å². The molecule has 0 aliphatic carbocycles. The summed E-state index contributed by atoms with van der Waals surface area (Å²) in [6.45, 7) is 10.8. The van der Waals surface area contributed by atoms with Gasteiger partial charge in [-0.1, -0.05) is 69.6 Å². The van der Waals surface area contributed by atoms with Crippen LogP contribution in [0.3, 0.4) is 0 Å². The van der Waals surface area contributed by atoms with E-state index in [4.69, 9.17) is 96.3 Å². The summed E-state index contributed by atoms with van der Waals surface area (Å²) in [5.41, 5.74) is 15.0. The highest BCUT2D eigenvalue weighted by atomic mass is 127. The first kappa shape index (κ1) is 62.6. The lowest BCUT2D eigenvalue weighted by Gasteiger charge is -2.19. The number of thioether (sulfide) groups is 2. The fourth-order valence-electron chi connectivity index (χ4n) is 3.92. The van der Waals surface area contributed by atoms with Gasteiger partial charge in [-0.25, -0.2) is 34.5 Å². The Morgan fingerprint density at radius 2 is 1.06 bits per heavy atom. The minimum atomic E-state index is -0.544. The number of rotatable bonds is 4. The van der Waals surface area contributed by atoms with Crippen LogP contribution in [-0.4, -0.2) is 65.8 Å². The van der Waals surface area contributed by atoms with Crippen LogP contribution in [0.5, 0.6) is 0 Å². The van der Waals surface area contributed by atoms with Gasteiger partial charge in [0.1, 0.15) is 40.3 Å². The third-order valence-electron chi connectivity index (χ3n) is 6.58. The molecule has 0 atom stereocenters. The number of hydrogen-bond donors (Lipinski definition) is 6. The van der Waals surface area contributed by atoms with Gasteiger partial charge in [-0.05, 0) is 148 Å². The van der Waals surface area contributed by atoms with Crippen molar-refractivity contribution in [1.82, 2.24) is 29.9 Å². The van der Waals surface area contributed by atoms with E-state index in [1.54, 1.807) is 109 Å². The molecule has 0 bridgehead atoms. The molecule has 68 heavy (non-hydrogen) atoms. The summed E-state index contributed by atoms with van der Waals surface area (Å²) in [7, 11) is 0. The van der Waals surface area contributed by atoms with Crippen LogP contribution in [-0.2, 0) is 9.47 Å². The summed E-state index contributed by atoms with van der Waals surface area (Å²) in [6, 6.07) is 13.2. The summed E-state index contributed by atoms with van der Waals surface area (Å²) >= 11 is 41.2. The predicted molar refractivity (Wildman–Crippen MR) is 300 cm³/mol. The molecule has 0 spiro atoms. The third kappa shape index (κ3) is 26.5. The number of hydrogen-bond acceptors (Lipinski definition) is 15. The van der Waals surface area contributed by atoms with Gasteiger partial charge in [0.15, 0.2) is 0 Å². The molecule has 0 aliphatic rings. The average molecular weight is 1320 g/mol. The zero-order chi connectivity index (χ0) is 51.8. The van der Waals surface area contributed by atoms with E-state index in [0.29, 0.717) is 67.7 Å². The van der Waals surface area contributed by atoms with E-state index in [0.717, 1.165) is 8.47 Å². The molecule has 2 amide bonds. The van der Waals surface area contributed by atoms with Gasteiger partial charge in [0.25, 0.3) is 5.56 Å². The third-order valence-corrected chi connectivity index (χ3v) is 13.1. The summed E-state index contributed by atoms with van der Waals surface area (Å²) in [5.74, 6) is 2.22. The Labute approximate surface area is 460 Å². The maximum absolute atomic E-state index is 11.5. The van der Waals surface area contributed by atoms with Crippen molar-refractivity contribution in [3.05, 3.63) is 133 Å². The maximum atomic E-state index is 11.5. The van der Waals surface area contributed by atoms with Gasteiger partial charge in [-0.15, -0.1) is 23.5 Å². The van der Waals surface area contributed by atoms with Crippen LogP contribution in [0.4, 0.5) is 38.7 Å². The van der Waals surface area contributed by atoms with Gasteiger partial charge in [0.2, 0.25) is 0 Å². The number of aromatic amines is 1. The van der Waals surface area contributed by atoms with Gasteiger partial charge in [0.05, 0.1) is 37.0 Å². The van der Waals surface area contributed by atoms with Crippen LogP contribution >= 0.6 is 138 Å². The molecular weight excluding hydrogens is 1270 g/mol. The van der Waals surface area contributed by atoms with Gasteiger partial charge >= 0.3 is 12.2 Å². The number of anilines is 5. The zero-order valence-electron chi connectivity index (χ0n) is 37.4. The number of nitrogen functional groups attached to an aromatic ring is 3. The fraction of sp³-hybridized carbons (Fsp3) is 0.238. The topological polar surface area (TPSA) is 252 Å². The number of aromatic nitrogens is 6. The standard InChI is InChI=1S/C10H12ClIN2O2.C10H13ClN2O2.C6H7ClN2S.C6H6ClNOS.C5H4ClIN2.C5H5ClN2/c1-10(2,3)16-9(15)14-8-7(12)6(11)4-5-13-8;1-10(2,3)15-9(14)13-8-6-7(11)4-5-12-8;1-10-5-4(7)2-3-9-6(5)8;1-10-5-4(7)2-3-8-6(5)9;6-3-1-2-9-5(8)4(3)7;6-4-1-2-8-5(7)3-4/h4-5H,1-3H3,(H,13,14,15);4-6H,1-3H3,(H,12,13,14);2-3H,1H3,(H2,8,9);2-3H,1H3,(H,8,9);1-2H,(H2,8,9);1-3H,(H2,7,8). The SMILES string of the molecule is CC(C)(C)OC(=O)Nc1cc(Cl)ccn1.CC(C)(C)OC(=O)Nc1nccc(Cl)c1I.CSc1c(Cl)cc[nH]c1=O.CSc1c(Cl)ccnc1N.Nc1cc(Cl)ccn1.Nc1nccc(Cl)c1I. The molecule has 6 aromatic rings. The van der Waals surface area contributed by atoms with Gasteiger partial charge < -0.3 is 31.7 Å². The number of nitrogens with two attached hydrogens (primary N) is 3. The van der Waals surface area contributed by atoms with Crippen molar-refractivity contribution >= 4 is 180 Å².